The summed E-state index contributed by atoms with van der Waals surface area (Å²) in [5.74, 6) is -0.623. The summed E-state index contributed by atoms with van der Waals surface area (Å²) >= 11 is 0. The minimum absolute atomic E-state index is 0.300. The maximum atomic E-state index is 13.1. The number of methoxy groups -OCH3 is 1. The second-order valence-electron chi connectivity index (χ2n) is 5.34. The number of anilines is 1. The van der Waals surface area contributed by atoms with Crippen LogP contribution >= 0.6 is 0 Å². The lowest BCUT2D eigenvalue weighted by Crippen LogP contribution is -2.53. The number of likely N-dealkylation sites (N-methyl/N-ethyl adjacent to an activating group) is 1. The van der Waals surface area contributed by atoms with E-state index in [9.17, 15) is 9.59 Å². The quantitative estimate of drug-likeness (QED) is 0.376. The summed E-state index contributed by atoms with van der Waals surface area (Å²) in [5.41, 5.74) is 8.13. The number of fused-ring (bicyclic) bond motifs is 1. The topological polar surface area (TPSA) is 95.4 Å². The zero-order valence-electron chi connectivity index (χ0n) is 13.1. The molecular weight excluding hydrogens is 308 g/mol. The SMILES string of the molecule is COc1ccc2c(c1)N(C)C(=O)C(N=[N+]=[N-])(c1ccccc1)C2=O. The molecule has 0 aliphatic carbocycles. The Morgan fingerprint density at radius 3 is 2.50 bits per heavy atom. The molecule has 0 saturated carbocycles. The Kier molecular flexibility index (Phi) is 3.71. The molecule has 1 aliphatic heterocycles. The number of rotatable bonds is 3. The van der Waals surface area contributed by atoms with Gasteiger partial charge in [-0.25, -0.2) is 0 Å². The van der Waals surface area contributed by atoms with E-state index in [1.165, 1.54) is 19.1 Å². The first-order valence-electron chi connectivity index (χ1n) is 7.19. The van der Waals surface area contributed by atoms with Crippen molar-refractivity contribution in [3.05, 3.63) is 70.1 Å². The molecule has 7 heteroatoms. The summed E-state index contributed by atoms with van der Waals surface area (Å²) in [4.78, 5) is 30.2. The highest BCUT2D eigenvalue weighted by molar-refractivity contribution is 6.28. The average molecular weight is 322 g/mol. The van der Waals surface area contributed by atoms with Gasteiger partial charge in [0.05, 0.1) is 12.8 Å². The molecule has 0 radical (unpaired) electrons. The van der Waals surface area contributed by atoms with Gasteiger partial charge in [0.15, 0.2) is 5.78 Å². The number of ether oxygens (including phenoxy) is 1. The Balaban J connectivity index is 2.31. The van der Waals surface area contributed by atoms with E-state index in [4.69, 9.17) is 10.3 Å². The van der Waals surface area contributed by atoms with Crippen LogP contribution in [0.4, 0.5) is 5.69 Å². The monoisotopic (exact) mass is 322 g/mol. The Hall–Kier alpha value is -3.31. The predicted octanol–water partition coefficient (Wildman–Crippen LogP) is 3.06. The first-order chi connectivity index (χ1) is 11.6. The molecule has 1 aliphatic rings. The van der Waals surface area contributed by atoms with Crippen LogP contribution in [0.5, 0.6) is 5.75 Å². The van der Waals surface area contributed by atoms with Gasteiger partial charge in [0.25, 0.3) is 5.91 Å². The van der Waals surface area contributed by atoms with Gasteiger partial charge < -0.3 is 9.64 Å². The molecule has 0 fully saturated rings. The Bertz CT molecular complexity index is 875. The van der Waals surface area contributed by atoms with E-state index in [0.717, 1.165) is 0 Å². The van der Waals surface area contributed by atoms with Crippen LogP contribution in [0.1, 0.15) is 15.9 Å². The maximum absolute atomic E-state index is 13.1. The van der Waals surface area contributed by atoms with Gasteiger partial charge in [-0.15, -0.1) is 0 Å². The largest absolute Gasteiger partial charge is 0.497 e. The fourth-order valence-electron chi connectivity index (χ4n) is 2.90. The number of hydrogen-bond acceptors (Lipinski definition) is 4. The molecule has 2 aromatic rings. The first kappa shape index (κ1) is 15.6. The first-order valence-corrected chi connectivity index (χ1v) is 7.19. The Labute approximate surface area is 138 Å². The highest BCUT2D eigenvalue weighted by Crippen LogP contribution is 2.41. The molecular formula is C17H14N4O3. The fourth-order valence-corrected chi connectivity index (χ4v) is 2.90. The molecule has 1 atom stereocenters. The number of nitrogens with zero attached hydrogens (tertiary/aromatic N) is 4. The van der Waals surface area contributed by atoms with E-state index in [1.807, 2.05) is 0 Å². The van der Waals surface area contributed by atoms with Crippen molar-refractivity contribution in [1.29, 1.82) is 0 Å². The van der Waals surface area contributed by atoms with Crippen molar-refractivity contribution in [3.8, 4) is 5.75 Å². The summed E-state index contributed by atoms with van der Waals surface area (Å²) in [5, 5.41) is 3.65. The van der Waals surface area contributed by atoms with E-state index in [1.54, 1.807) is 48.5 Å². The van der Waals surface area contributed by atoms with Crippen molar-refractivity contribution in [3.63, 3.8) is 0 Å². The highest BCUT2D eigenvalue weighted by atomic mass is 16.5. The molecule has 0 N–H and O–H groups in total. The maximum Gasteiger partial charge on any atom is 0.251 e. The van der Waals surface area contributed by atoms with Crippen molar-refractivity contribution in [2.24, 2.45) is 5.11 Å². The van der Waals surface area contributed by atoms with Crippen LogP contribution in [-0.2, 0) is 10.3 Å². The Morgan fingerprint density at radius 2 is 1.88 bits per heavy atom. The number of hydrogen-bond donors (Lipinski definition) is 0. The van der Waals surface area contributed by atoms with E-state index < -0.39 is 17.2 Å². The molecule has 2 aromatic carbocycles. The van der Waals surface area contributed by atoms with Gasteiger partial charge in [-0.05, 0) is 23.2 Å². The van der Waals surface area contributed by atoms with Gasteiger partial charge in [0.2, 0.25) is 5.54 Å². The van der Waals surface area contributed by atoms with Gasteiger partial charge in [0.1, 0.15) is 5.75 Å². The number of azide groups is 1. The number of carbonyl (C=O) groups excluding carboxylic acids is 2. The summed E-state index contributed by atoms with van der Waals surface area (Å²) in [7, 11) is 3.04. The summed E-state index contributed by atoms with van der Waals surface area (Å²) in [6, 6.07) is 13.2. The molecule has 0 bridgehead atoms. The molecule has 1 amide bonds. The van der Waals surface area contributed by atoms with Crippen LogP contribution in [0.25, 0.3) is 10.4 Å². The second kappa shape index (κ2) is 5.72. The zero-order chi connectivity index (χ0) is 17.3. The van der Waals surface area contributed by atoms with Crippen LogP contribution in [0.3, 0.4) is 0 Å². The van der Waals surface area contributed by atoms with Crippen LogP contribution in [0.15, 0.2) is 53.6 Å². The minimum Gasteiger partial charge on any atom is -0.497 e. The van der Waals surface area contributed by atoms with E-state index in [-0.39, 0.29) is 0 Å². The summed E-state index contributed by atoms with van der Waals surface area (Å²) in [6.45, 7) is 0. The molecule has 1 heterocycles. The lowest BCUT2D eigenvalue weighted by atomic mass is 9.78. The van der Waals surface area contributed by atoms with E-state index in [2.05, 4.69) is 10.0 Å². The van der Waals surface area contributed by atoms with Gasteiger partial charge >= 0.3 is 0 Å². The van der Waals surface area contributed by atoms with Crippen molar-refractivity contribution in [2.45, 2.75) is 5.54 Å². The van der Waals surface area contributed by atoms with Crippen LogP contribution in [-0.4, -0.2) is 25.8 Å². The van der Waals surface area contributed by atoms with Crippen LogP contribution < -0.4 is 9.64 Å². The average Bonchev–Trinajstić information content (AvgIpc) is 2.63. The van der Waals surface area contributed by atoms with E-state index >= 15 is 0 Å². The minimum atomic E-state index is -1.94. The number of amides is 1. The van der Waals surface area contributed by atoms with Gasteiger partial charge in [-0.2, -0.15) is 0 Å². The molecule has 0 saturated heterocycles. The van der Waals surface area contributed by atoms with Crippen molar-refractivity contribution >= 4 is 17.4 Å². The van der Waals surface area contributed by atoms with Gasteiger partial charge in [-0.3, -0.25) is 9.59 Å². The van der Waals surface area contributed by atoms with Gasteiger partial charge in [0, 0.05) is 23.6 Å². The predicted molar refractivity (Wildman–Crippen MR) is 88.0 cm³/mol. The standard InChI is InChI=1S/C17H14N4O3/c1-21-14-10-12(24-2)8-9-13(14)15(22)17(16(21)23,19-20-18)11-6-4-3-5-7-11/h3-10H,1-2H3. The normalized spacial score (nSPS) is 19.5. The lowest BCUT2D eigenvalue weighted by Gasteiger charge is -2.37. The smallest absolute Gasteiger partial charge is 0.251 e. The van der Waals surface area contributed by atoms with Crippen molar-refractivity contribution in [2.75, 3.05) is 19.1 Å². The molecule has 3 rings (SSSR count). The third kappa shape index (κ3) is 2.03. The van der Waals surface area contributed by atoms with Crippen LogP contribution in [0, 0.1) is 0 Å². The van der Waals surface area contributed by atoms with Crippen LogP contribution in [0.2, 0.25) is 0 Å². The molecule has 1 unspecified atom stereocenters. The zero-order valence-corrected chi connectivity index (χ0v) is 13.1. The molecule has 0 aromatic heterocycles. The van der Waals surface area contributed by atoms with Crippen molar-refractivity contribution in [1.82, 2.24) is 0 Å². The number of Topliss-reactive ketones (excluding diaryl/α,β-unsaturated/α-hetero) is 1. The third-order valence-corrected chi connectivity index (χ3v) is 4.14. The third-order valence-electron chi connectivity index (χ3n) is 4.14. The van der Waals surface area contributed by atoms with Gasteiger partial charge in [-0.1, -0.05) is 35.4 Å². The van der Waals surface area contributed by atoms with Crippen molar-refractivity contribution < 1.29 is 14.3 Å². The van der Waals surface area contributed by atoms with E-state index in [0.29, 0.717) is 22.6 Å². The molecule has 7 nitrogen and oxygen atoms in total. The fraction of sp³-hybridized carbons (Fsp3) is 0.176. The lowest BCUT2D eigenvalue weighted by molar-refractivity contribution is -0.122. The number of carbonyl (C=O) groups is 2. The molecule has 0 spiro atoms. The number of ketones is 1. The number of benzene rings is 2. The highest BCUT2D eigenvalue weighted by Gasteiger charge is 2.53. The molecule has 24 heavy (non-hydrogen) atoms. The molecule has 120 valence electrons. The summed E-state index contributed by atoms with van der Waals surface area (Å²) in [6.07, 6.45) is 0. The second-order valence-corrected chi connectivity index (χ2v) is 5.34. The summed E-state index contributed by atoms with van der Waals surface area (Å²) < 4.78 is 5.15. The Morgan fingerprint density at radius 1 is 1.17 bits per heavy atom.